The second-order valence-electron chi connectivity index (χ2n) is 3.91. The van der Waals surface area contributed by atoms with Crippen LogP contribution >= 0.6 is 0 Å². The van der Waals surface area contributed by atoms with Crippen molar-refractivity contribution in [3.63, 3.8) is 0 Å². The summed E-state index contributed by atoms with van der Waals surface area (Å²) in [5, 5.41) is 8.85. The third-order valence-electron chi connectivity index (χ3n) is 2.15. The lowest BCUT2D eigenvalue weighted by Gasteiger charge is -2.11. The highest BCUT2D eigenvalue weighted by Gasteiger charge is 2.33. The molecule has 0 amide bonds. The maximum atomic E-state index is 12.5. The Morgan fingerprint density at radius 1 is 1.47 bits per heavy atom. The Bertz CT molecular complexity index is 497. The number of aromatic carboxylic acids is 1. The summed E-state index contributed by atoms with van der Waals surface area (Å²) in [6.45, 7) is 5.34. The van der Waals surface area contributed by atoms with Gasteiger partial charge >= 0.3 is 12.1 Å². The maximum Gasteiger partial charge on any atom is 0.433 e. The molecule has 0 aliphatic carbocycles. The molecule has 0 spiro atoms. The van der Waals surface area contributed by atoms with Crippen LogP contribution in [0.15, 0.2) is 24.3 Å². The number of nitrogens with zero attached hydrogens (tertiary/aromatic N) is 1. The molecule has 1 aromatic rings. The van der Waals surface area contributed by atoms with Crippen LogP contribution in [-0.4, -0.2) is 22.7 Å². The first-order chi connectivity index (χ1) is 8.71. The van der Waals surface area contributed by atoms with Crippen molar-refractivity contribution >= 4 is 5.97 Å². The number of hydrogen-bond donors (Lipinski definition) is 1. The Kier molecular flexibility index (Phi) is 4.52. The van der Waals surface area contributed by atoms with Crippen LogP contribution in [0.4, 0.5) is 13.2 Å². The number of alkyl halides is 3. The van der Waals surface area contributed by atoms with Gasteiger partial charge in [0.15, 0.2) is 0 Å². The molecule has 0 aliphatic rings. The molecule has 1 aromatic heterocycles. The highest BCUT2D eigenvalue weighted by molar-refractivity contribution is 5.90. The third-order valence-corrected chi connectivity index (χ3v) is 2.15. The van der Waals surface area contributed by atoms with Crippen molar-refractivity contribution in [1.82, 2.24) is 4.98 Å². The van der Waals surface area contributed by atoms with Crippen LogP contribution in [0, 0.1) is 0 Å². The zero-order chi connectivity index (χ0) is 14.6. The molecule has 0 atom stereocenters. The van der Waals surface area contributed by atoms with E-state index in [1.165, 1.54) is 0 Å². The van der Waals surface area contributed by atoms with Gasteiger partial charge in [-0.25, -0.2) is 9.78 Å². The second kappa shape index (κ2) is 5.73. The van der Waals surface area contributed by atoms with E-state index in [4.69, 9.17) is 9.84 Å². The summed E-state index contributed by atoms with van der Waals surface area (Å²) < 4.78 is 42.4. The summed E-state index contributed by atoms with van der Waals surface area (Å²) in [5.41, 5.74) is -0.832. The van der Waals surface area contributed by atoms with Gasteiger partial charge in [0.1, 0.15) is 11.3 Å². The zero-order valence-electron chi connectivity index (χ0n) is 10.1. The van der Waals surface area contributed by atoms with Crippen LogP contribution in [0.5, 0.6) is 5.88 Å². The fraction of sp³-hybridized carbons (Fsp3) is 0.333. The van der Waals surface area contributed by atoms with Gasteiger partial charge in [0.25, 0.3) is 0 Å². The van der Waals surface area contributed by atoms with Crippen molar-refractivity contribution in [2.45, 2.75) is 19.5 Å². The van der Waals surface area contributed by atoms with E-state index in [0.717, 1.165) is 11.6 Å². The summed E-state index contributed by atoms with van der Waals surface area (Å²) >= 11 is 0. The summed E-state index contributed by atoms with van der Waals surface area (Å²) in [6, 6.07) is 1.43. The molecule has 19 heavy (non-hydrogen) atoms. The average Bonchev–Trinajstić information content (AvgIpc) is 2.26. The van der Waals surface area contributed by atoms with E-state index in [-0.39, 0.29) is 6.61 Å². The van der Waals surface area contributed by atoms with E-state index < -0.39 is 29.3 Å². The number of aromatic nitrogens is 1. The van der Waals surface area contributed by atoms with Crippen LogP contribution in [0.3, 0.4) is 0 Å². The molecule has 4 nitrogen and oxygen atoms in total. The Labute approximate surface area is 107 Å². The lowest BCUT2D eigenvalue weighted by Crippen LogP contribution is -2.13. The summed E-state index contributed by atoms with van der Waals surface area (Å²) in [7, 11) is 0. The van der Waals surface area contributed by atoms with Crippen molar-refractivity contribution in [3.8, 4) is 5.88 Å². The Morgan fingerprint density at radius 2 is 2.11 bits per heavy atom. The smallest absolute Gasteiger partial charge is 0.433 e. The van der Waals surface area contributed by atoms with E-state index in [1.54, 1.807) is 6.92 Å². The maximum absolute atomic E-state index is 12.5. The van der Waals surface area contributed by atoms with Crippen molar-refractivity contribution in [2.24, 2.45) is 0 Å². The van der Waals surface area contributed by atoms with Crippen LogP contribution in [0.25, 0.3) is 0 Å². The number of halogens is 3. The molecule has 1 N–H and O–H groups in total. The first kappa shape index (κ1) is 15.0. The van der Waals surface area contributed by atoms with Gasteiger partial charge in [-0.05, 0) is 19.1 Å². The Morgan fingerprint density at radius 3 is 2.58 bits per heavy atom. The summed E-state index contributed by atoms with van der Waals surface area (Å²) in [5.74, 6) is -1.94. The molecule has 0 radical (unpaired) electrons. The molecule has 0 aromatic carbocycles. The number of carboxylic acid groups (broad SMARTS) is 1. The molecule has 0 aliphatic heterocycles. The lowest BCUT2D eigenvalue weighted by molar-refractivity contribution is -0.141. The van der Waals surface area contributed by atoms with Gasteiger partial charge in [-0.2, -0.15) is 13.2 Å². The quantitative estimate of drug-likeness (QED) is 0.839. The van der Waals surface area contributed by atoms with Gasteiger partial charge in [-0.15, -0.1) is 6.58 Å². The Balaban J connectivity index is 3.02. The molecule has 0 unspecified atom stereocenters. The minimum atomic E-state index is -4.65. The van der Waals surface area contributed by atoms with Gasteiger partial charge in [0, 0.05) is 6.42 Å². The number of carboxylic acids is 1. The van der Waals surface area contributed by atoms with Crippen LogP contribution in [0.2, 0.25) is 0 Å². The number of carbonyl (C=O) groups is 1. The highest BCUT2D eigenvalue weighted by atomic mass is 19.4. The first-order valence-electron chi connectivity index (χ1n) is 5.30. The van der Waals surface area contributed by atoms with Crippen LogP contribution in [-0.2, 0) is 6.18 Å². The number of ether oxygens (including phenoxy) is 1. The minimum Gasteiger partial charge on any atom is -0.477 e. The number of rotatable bonds is 5. The molecule has 0 saturated carbocycles. The average molecular weight is 275 g/mol. The van der Waals surface area contributed by atoms with E-state index in [2.05, 4.69) is 11.6 Å². The van der Waals surface area contributed by atoms with Gasteiger partial charge in [0.2, 0.25) is 5.88 Å². The van der Waals surface area contributed by atoms with Gasteiger partial charge in [-0.3, -0.25) is 0 Å². The van der Waals surface area contributed by atoms with E-state index in [1.807, 2.05) is 0 Å². The van der Waals surface area contributed by atoms with Gasteiger partial charge in [0.05, 0.1) is 6.61 Å². The monoisotopic (exact) mass is 275 g/mol. The Hall–Kier alpha value is -2.05. The first-order valence-corrected chi connectivity index (χ1v) is 5.30. The number of hydrogen-bond acceptors (Lipinski definition) is 3. The van der Waals surface area contributed by atoms with E-state index in [0.29, 0.717) is 12.5 Å². The predicted octanol–water partition coefficient (Wildman–Crippen LogP) is 3.14. The molecule has 1 rings (SSSR count). The van der Waals surface area contributed by atoms with Crippen LogP contribution < -0.4 is 4.74 Å². The van der Waals surface area contributed by atoms with E-state index >= 15 is 0 Å². The molecule has 1 heterocycles. The van der Waals surface area contributed by atoms with Gasteiger partial charge in [-0.1, -0.05) is 5.57 Å². The topological polar surface area (TPSA) is 59.4 Å². The minimum absolute atomic E-state index is 0.0178. The normalized spacial score (nSPS) is 11.2. The molecule has 104 valence electrons. The fourth-order valence-corrected chi connectivity index (χ4v) is 1.19. The zero-order valence-corrected chi connectivity index (χ0v) is 10.1. The van der Waals surface area contributed by atoms with Crippen molar-refractivity contribution in [3.05, 3.63) is 35.5 Å². The summed E-state index contributed by atoms with van der Waals surface area (Å²) in [4.78, 5) is 14.1. The fourth-order valence-electron chi connectivity index (χ4n) is 1.19. The molecule has 0 bridgehead atoms. The molecule has 0 saturated heterocycles. The van der Waals surface area contributed by atoms with Crippen molar-refractivity contribution in [2.75, 3.05) is 6.61 Å². The van der Waals surface area contributed by atoms with E-state index in [9.17, 15) is 18.0 Å². The molecule has 7 heteroatoms. The molecular formula is C12H12F3NO3. The lowest BCUT2D eigenvalue weighted by atomic mass is 10.2. The second-order valence-corrected chi connectivity index (χ2v) is 3.91. The standard InChI is InChI=1S/C12H12F3NO3/c1-7(2)5-6-19-10-8(11(17)18)3-4-9(16-10)12(13,14)15/h3-4H,1,5-6H2,2H3,(H,17,18). The SMILES string of the molecule is C=C(C)CCOc1nc(C(F)(F)F)ccc1C(=O)O. The van der Waals surface area contributed by atoms with Crippen LogP contribution in [0.1, 0.15) is 29.4 Å². The third kappa shape index (κ3) is 4.27. The highest BCUT2D eigenvalue weighted by Crippen LogP contribution is 2.30. The van der Waals surface area contributed by atoms with Gasteiger partial charge < -0.3 is 9.84 Å². The van der Waals surface area contributed by atoms with Crippen molar-refractivity contribution < 1.29 is 27.8 Å². The summed E-state index contributed by atoms with van der Waals surface area (Å²) in [6.07, 6.45) is -4.25. The molecular weight excluding hydrogens is 263 g/mol. The number of pyridine rings is 1. The predicted molar refractivity (Wildman–Crippen MR) is 61.1 cm³/mol. The molecule has 0 fully saturated rings. The van der Waals surface area contributed by atoms with Crippen molar-refractivity contribution in [1.29, 1.82) is 0 Å². The largest absolute Gasteiger partial charge is 0.477 e.